The Hall–Kier alpha value is -2.91. The maximum absolute atomic E-state index is 13.0. The maximum Gasteiger partial charge on any atom is 0.269 e. The van der Waals surface area contributed by atoms with E-state index in [4.69, 9.17) is 0 Å². The van der Waals surface area contributed by atoms with Gasteiger partial charge in [0, 0.05) is 24.3 Å². The monoisotopic (exact) mass is 428 g/mol. The Morgan fingerprint density at radius 2 is 1.10 bits per heavy atom. The minimum Gasteiger partial charge on any atom is -0.287 e. The number of ketones is 1. The van der Waals surface area contributed by atoms with E-state index >= 15 is 0 Å². The molecule has 0 aliphatic carbocycles. The van der Waals surface area contributed by atoms with E-state index in [-0.39, 0.29) is 21.2 Å². The largest absolute Gasteiger partial charge is 0.287 e. The molecule has 1 saturated heterocycles. The standard InChI is InChI=1S/C20H16N2O5S2/c1-20(2)28-17(11-13-3-7-15(8-4-13)21(24)25)19(23)18(29-20)12-14-5-9-16(10-6-14)22(26)27/h3-12H,1-2H3/b17-11-,18-12+. The Kier molecular flexibility index (Phi) is 5.90. The smallest absolute Gasteiger partial charge is 0.269 e. The summed E-state index contributed by atoms with van der Waals surface area (Å²) in [5.74, 6) is -0.143. The Labute approximate surface area is 175 Å². The third-order valence-corrected chi connectivity index (χ3v) is 6.49. The van der Waals surface area contributed by atoms with E-state index in [1.165, 1.54) is 47.8 Å². The van der Waals surface area contributed by atoms with Crippen LogP contribution in [0.1, 0.15) is 25.0 Å². The predicted molar refractivity (Wildman–Crippen MR) is 116 cm³/mol. The number of carbonyl (C=O) groups is 1. The first-order valence-electron chi connectivity index (χ1n) is 8.50. The molecule has 3 rings (SSSR count). The fourth-order valence-electron chi connectivity index (χ4n) is 2.64. The van der Waals surface area contributed by atoms with Gasteiger partial charge in [-0.2, -0.15) is 0 Å². The van der Waals surface area contributed by atoms with Crippen LogP contribution in [0.5, 0.6) is 0 Å². The normalized spacial score (nSPS) is 18.8. The van der Waals surface area contributed by atoms with Crippen LogP contribution in [0.2, 0.25) is 0 Å². The summed E-state index contributed by atoms with van der Waals surface area (Å²) in [6.07, 6.45) is 3.45. The quantitative estimate of drug-likeness (QED) is 0.351. The molecule has 1 aliphatic rings. The average Bonchev–Trinajstić information content (AvgIpc) is 2.66. The molecule has 0 amide bonds. The molecular formula is C20H16N2O5S2. The summed E-state index contributed by atoms with van der Waals surface area (Å²) in [4.78, 5) is 34.7. The van der Waals surface area contributed by atoms with Crippen molar-refractivity contribution in [3.8, 4) is 0 Å². The molecule has 0 saturated carbocycles. The van der Waals surface area contributed by atoms with Gasteiger partial charge in [0.05, 0.1) is 23.7 Å². The molecule has 1 aliphatic heterocycles. The van der Waals surface area contributed by atoms with Crippen molar-refractivity contribution in [1.29, 1.82) is 0 Å². The highest BCUT2D eigenvalue weighted by molar-refractivity contribution is 8.23. The lowest BCUT2D eigenvalue weighted by atomic mass is 10.1. The van der Waals surface area contributed by atoms with E-state index in [0.29, 0.717) is 20.9 Å². The number of nitro groups is 2. The predicted octanol–water partition coefficient (Wildman–Crippen LogP) is 5.67. The molecule has 2 aromatic rings. The third kappa shape index (κ3) is 5.12. The lowest BCUT2D eigenvalue weighted by molar-refractivity contribution is -0.385. The second-order valence-corrected chi connectivity index (χ2v) is 10.2. The van der Waals surface area contributed by atoms with Crippen LogP contribution in [0, 0.1) is 20.2 Å². The molecule has 9 heteroatoms. The zero-order valence-electron chi connectivity index (χ0n) is 15.5. The fraction of sp³-hybridized carbons (Fsp3) is 0.150. The zero-order chi connectivity index (χ0) is 21.2. The number of allylic oxidation sites excluding steroid dienone is 2. The van der Waals surface area contributed by atoms with Crippen molar-refractivity contribution in [2.75, 3.05) is 0 Å². The first-order chi connectivity index (χ1) is 13.6. The number of nitro benzene ring substituents is 2. The highest BCUT2D eigenvalue weighted by Gasteiger charge is 2.34. The molecule has 7 nitrogen and oxygen atoms in total. The van der Waals surface area contributed by atoms with E-state index in [1.807, 2.05) is 13.8 Å². The van der Waals surface area contributed by atoms with Crippen LogP contribution in [0.25, 0.3) is 12.2 Å². The van der Waals surface area contributed by atoms with E-state index in [9.17, 15) is 25.0 Å². The summed E-state index contributed by atoms with van der Waals surface area (Å²) in [7, 11) is 0. The maximum atomic E-state index is 13.0. The van der Waals surface area contributed by atoms with Gasteiger partial charge in [-0.1, -0.05) is 0 Å². The van der Waals surface area contributed by atoms with Crippen LogP contribution in [0.3, 0.4) is 0 Å². The van der Waals surface area contributed by atoms with Crippen LogP contribution in [0.15, 0.2) is 58.3 Å². The molecule has 0 atom stereocenters. The molecule has 0 radical (unpaired) electrons. The highest BCUT2D eigenvalue weighted by Crippen LogP contribution is 2.51. The summed E-state index contributed by atoms with van der Waals surface area (Å²) >= 11 is 2.87. The van der Waals surface area contributed by atoms with Crippen molar-refractivity contribution in [1.82, 2.24) is 0 Å². The van der Waals surface area contributed by atoms with Gasteiger partial charge in [0.2, 0.25) is 5.78 Å². The summed E-state index contributed by atoms with van der Waals surface area (Å²) in [6.45, 7) is 4.00. The van der Waals surface area contributed by atoms with Crippen molar-refractivity contribution in [3.63, 3.8) is 0 Å². The number of hydrogen-bond acceptors (Lipinski definition) is 7. The third-order valence-electron chi connectivity index (χ3n) is 3.96. The molecule has 0 unspecified atom stereocenters. The van der Waals surface area contributed by atoms with E-state index < -0.39 is 9.85 Å². The average molecular weight is 428 g/mol. The van der Waals surface area contributed by atoms with Gasteiger partial charge in [-0.05, 0) is 61.4 Å². The summed E-state index contributed by atoms with van der Waals surface area (Å²) < 4.78 is -0.298. The molecule has 29 heavy (non-hydrogen) atoms. The minimum absolute atomic E-state index is 0.00980. The van der Waals surface area contributed by atoms with Crippen molar-refractivity contribution in [2.45, 2.75) is 17.9 Å². The van der Waals surface area contributed by atoms with Gasteiger partial charge in [0.1, 0.15) is 0 Å². The van der Waals surface area contributed by atoms with Gasteiger partial charge < -0.3 is 0 Å². The van der Waals surface area contributed by atoms with Crippen molar-refractivity contribution < 1.29 is 14.6 Å². The second-order valence-electron chi connectivity index (χ2n) is 6.65. The highest BCUT2D eigenvalue weighted by atomic mass is 32.2. The van der Waals surface area contributed by atoms with Crippen LogP contribution in [-0.2, 0) is 4.79 Å². The zero-order valence-corrected chi connectivity index (χ0v) is 17.2. The number of hydrogen-bond donors (Lipinski definition) is 0. The number of thioether (sulfide) groups is 2. The number of rotatable bonds is 4. The molecule has 0 aromatic heterocycles. The van der Waals surface area contributed by atoms with Gasteiger partial charge in [0.15, 0.2) is 0 Å². The molecule has 2 aromatic carbocycles. The van der Waals surface area contributed by atoms with Gasteiger partial charge >= 0.3 is 0 Å². The van der Waals surface area contributed by atoms with Gasteiger partial charge in [0.25, 0.3) is 11.4 Å². The van der Waals surface area contributed by atoms with Crippen molar-refractivity contribution in [2.24, 2.45) is 0 Å². The van der Waals surface area contributed by atoms with Gasteiger partial charge in [-0.3, -0.25) is 25.0 Å². The Morgan fingerprint density at radius 1 is 0.759 bits per heavy atom. The Balaban J connectivity index is 1.92. The SMILES string of the molecule is CC1(C)S/C(=C\c2ccc([N+](=O)[O-])cc2)C(=O)/C(=C\c2ccc([N+](=O)[O-])cc2)S1. The number of non-ortho nitro benzene ring substituents is 2. The lowest BCUT2D eigenvalue weighted by Crippen LogP contribution is -2.20. The Morgan fingerprint density at radius 3 is 1.41 bits per heavy atom. The van der Waals surface area contributed by atoms with Crippen LogP contribution in [0.4, 0.5) is 11.4 Å². The lowest BCUT2D eigenvalue weighted by Gasteiger charge is -2.30. The molecule has 0 bridgehead atoms. The number of nitrogens with zero attached hydrogens (tertiary/aromatic N) is 2. The van der Waals surface area contributed by atoms with Crippen molar-refractivity contribution >= 4 is 52.8 Å². The first kappa shape index (κ1) is 20.8. The van der Waals surface area contributed by atoms with Crippen LogP contribution >= 0.6 is 23.5 Å². The van der Waals surface area contributed by atoms with Crippen LogP contribution < -0.4 is 0 Å². The molecule has 0 N–H and O–H groups in total. The van der Waals surface area contributed by atoms with Gasteiger partial charge in [-0.25, -0.2) is 0 Å². The number of Topliss-reactive ketones (excluding diaryl/α,β-unsaturated/α-hetero) is 1. The molecular weight excluding hydrogens is 412 g/mol. The van der Waals surface area contributed by atoms with E-state index in [1.54, 1.807) is 36.4 Å². The minimum atomic E-state index is -0.470. The number of benzene rings is 2. The van der Waals surface area contributed by atoms with Gasteiger partial charge in [-0.15, -0.1) is 23.5 Å². The second kappa shape index (κ2) is 8.22. The summed E-state index contributed by atoms with van der Waals surface area (Å²) in [5.41, 5.74) is 1.38. The number of carbonyl (C=O) groups excluding carboxylic acids is 1. The molecule has 148 valence electrons. The van der Waals surface area contributed by atoms with E-state index in [2.05, 4.69) is 0 Å². The topological polar surface area (TPSA) is 103 Å². The van der Waals surface area contributed by atoms with Crippen molar-refractivity contribution in [3.05, 3.63) is 89.7 Å². The van der Waals surface area contributed by atoms with E-state index in [0.717, 1.165) is 0 Å². The fourth-order valence-corrected chi connectivity index (χ4v) is 5.27. The molecule has 0 spiro atoms. The molecule has 1 fully saturated rings. The Bertz CT molecular complexity index is 960. The molecule has 1 heterocycles. The summed E-state index contributed by atoms with van der Waals surface area (Å²) in [5, 5.41) is 21.6. The van der Waals surface area contributed by atoms with Crippen LogP contribution in [-0.4, -0.2) is 19.7 Å². The first-order valence-corrected chi connectivity index (χ1v) is 10.1. The summed E-state index contributed by atoms with van der Waals surface area (Å²) in [6, 6.07) is 12.0.